The Morgan fingerprint density at radius 2 is 0.571 bits per heavy atom. The van der Waals surface area contributed by atoms with E-state index in [0.717, 1.165) is 0 Å². The summed E-state index contributed by atoms with van der Waals surface area (Å²) in [6.07, 6.45) is 0. The van der Waals surface area contributed by atoms with Gasteiger partial charge in [-0.25, -0.2) is 0 Å². The fourth-order valence-corrected chi connectivity index (χ4v) is 0. The second-order valence-corrected chi connectivity index (χ2v) is 0.671. The van der Waals surface area contributed by atoms with Crippen molar-refractivity contribution in [1.29, 1.82) is 0 Å². The summed E-state index contributed by atoms with van der Waals surface area (Å²) in [5.74, 6) is 0. The number of hydrogen-bond acceptors (Lipinski definition) is 9. The number of rotatable bonds is 0. The van der Waals surface area contributed by atoms with Gasteiger partial charge in [0.25, 0.3) is 0 Å². The van der Waals surface area contributed by atoms with Crippen LogP contribution in [-0.2, 0) is 17.1 Å². The molecule has 0 aromatic rings. The van der Waals surface area contributed by atoms with Crippen molar-refractivity contribution in [3.63, 3.8) is 0 Å². The minimum Gasteiger partial charge on any atom is -0.356 e. The van der Waals surface area contributed by atoms with Crippen LogP contribution in [0.15, 0.2) is 0 Å². The van der Waals surface area contributed by atoms with Gasteiger partial charge in [-0.2, -0.15) is 0 Å². The summed E-state index contributed by atoms with van der Waals surface area (Å²) in [7, 11) is 0. The Bertz CT molecular complexity index is 118. The van der Waals surface area contributed by atoms with Gasteiger partial charge in [0.1, 0.15) is 0 Å². The van der Waals surface area contributed by atoms with Crippen molar-refractivity contribution >= 4 is 0 Å². The van der Waals surface area contributed by atoms with E-state index in [1.165, 1.54) is 0 Å². The molecule has 14 heavy (non-hydrogen) atoms. The van der Waals surface area contributed by atoms with E-state index in [0.29, 0.717) is 0 Å². The van der Waals surface area contributed by atoms with Gasteiger partial charge in [-0.05, 0) is 0 Å². The molecular weight excluding hydrogens is 249 g/mol. The maximum absolute atomic E-state index is 8.25. The topological polar surface area (TPSA) is 199 Å². The van der Waals surface area contributed by atoms with Gasteiger partial charge in [0, 0.05) is 0 Å². The van der Waals surface area contributed by atoms with Crippen LogP contribution in [0.5, 0.6) is 0 Å². The van der Waals surface area contributed by atoms with Gasteiger partial charge in [-0.15, -0.1) is 0 Å². The number of hydrogen-bond donors (Lipinski definition) is 0. The molecule has 0 radical (unpaired) electrons. The average molecular weight is 249 g/mol. The Labute approximate surface area is 97.5 Å². The summed E-state index contributed by atoms with van der Waals surface area (Å²) >= 11 is 0. The molecule has 0 aliphatic rings. The van der Waals surface area contributed by atoms with Crippen LogP contribution in [-0.4, -0.2) is 15.3 Å². The molecule has 0 aliphatic carbocycles. The second kappa shape index (κ2) is 22.6. The maximum atomic E-state index is 8.25. The minimum atomic E-state index is -1.75. The summed E-state index contributed by atoms with van der Waals surface area (Å²) in [6.45, 7) is 0. The zero-order valence-corrected chi connectivity index (χ0v) is 7.47. The van der Waals surface area contributed by atoms with E-state index in [1.807, 2.05) is 0 Å². The summed E-state index contributed by atoms with van der Waals surface area (Å²) in [4.78, 5) is 24.8. The summed E-state index contributed by atoms with van der Waals surface area (Å²) in [6, 6.07) is 0. The molecule has 0 amide bonds. The smallest absolute Gasteiger partial charge is 0.356 e. The molecule has 0 spiro atoms. The fourth-order valence-electron chi connectivity index (χ4n) is 0. The third-order valence-electron chi connectivity index (χ3n) is 0. The van der Waals surface area contributed by atoms with E-state index in [2.05, 4.69) is 0 Å². The van der Waals surface area contributed by atoms with Crippen LogP contribution in [0.4, 0.5) is 0 Å². The molecule has 0 saturated heterocycles. The summed E-state index contributed by atoms with van der Waals surface area (Å²) in [5, 5.41) is 44.2. The Morgan fingerprint density at radius 3 is 0.571 bits per heavy atom. The Morgan fingerprint density at radius 1 is 0.571 bits per heavy atom. The average Bonchev–Trinajstić information content (AvgIpc) is 1.54. The van der Waals surface area contributed by atoms with E-state index < -0.39 is 15.3 Å². The van der Waals surface area contributed by atoms with Crippen LogP contribution in [0.25, 0.3) is 0 Å². The SMILES string of the molecule is O=[N+]([O-])[O-].O=[N+]([O-])[O-].O=[N+]([O-])[O-].[Fe+2].[Li+]. The van der Waals surface area contributed by atoms with Crippen molar-refractivity contribution in [2.45, 2.75) is 0 Å². The molecule has 14 heteroatoms. The standard InChI is InChI=1S/Fe.Li.3NO3/c;;3*2-1(3)4/q+2;+1;3*-1. The van der Waals surface area contributed by atoms with E-state index in [1.54, 1.807) is 0 Å². The summed E-state index contributed by atoms with van der Waals surface area (Å²) < 4.78 is 0. The zero-order chi connectivity index (χ0) is 10.7. The van der Waals surface area contributed by atoms with Crippen molar-refractivity contribution in [1.82, 2.24) is 0 Å². The Balaban J connectivity index is -0.0000000270. The van der Waals surface area contributed by atoms with Gasteiger partial charge in [-0.3, -0.25) is 0 Å². The molecule has 0 rings (SSSR count). The van der Waals surface area contributed by atoms with Crippen molar-refractivity contribution in [2.75, 3.05) is 0 Å². The molecule has 0 saturated carbocycles. The zero-order valence-electron chi connectivity index (χ0n) is 6.37. The molecule has 0 atom stereocenters. The minimum absolute atomic E-state index is 0. The molecule has 12 nitrogen and oxygen atoms in total. The first-order valence-corrected chi connectivity index (χ1v) is 1.64. The van der Waals surface area contributed by atoms with Crippen molar-refractivity contribution < 1.29 is 51.2 Å². The fraction of sp³-hybridized carbons (Fsp3) is 0. The molecule has 0 aromatic heterocycles. The second-order valence-electron chi connectivity index (χ2n) is 0.671. The third-order valence-corrected chi connectivity index (χ3v) is 0. The van der Waals surface area contributed by atoms with Crippen LogP contribution in [0.2, 0.25) is 0 Å². The molecule has 0 unspecified atom stereocenters. The molecule has 0 heterocycles. The molecular formula is FeLiN3O9. The van der Waals surface area contributed by atoms with E-state index in [4.69, 9.17) is 46.0 Å². The maximum Gasteiger partial charge on any atom is 2.00 e. The first-order chi connectivity index (χ1) is 5.20. The van der Waals surface area contributed by atoms with Gasteiger partial charge in [-0.1, -0.05) is 0 Å². The molecule has 78 valence electrons. The molecule has 0 N–H and O–H groups in total. The molecule has 0 fully saturated rings. The van der Waals surface area contributed by atoms with Gasteiger partial charge < -0.3 is 46.0 Å². The van der Waals surface area contributed by atoms with E-state index in [9.17, 15) is 0 Å². The van der Waals surface area contributed by atoms with Gasteiger partial charge in [0.05, 0.1) is 15.3 Å². The predicted molar refractivity (Wildman–Crippen MR) is 31.1 cm³/mol. The number of nitrogens with zero attached hydrogens (tertiary/aromatic N) is 3. The summed E-state index contributed by atoms with van der Waals surface area (Å²) in [5.41, 5.74) is 0. The third kappa shape index (κ3) is 615. The Hall–Kier alpha value is -1.28. The molecule has 0 bridgehead atoms. The molecule has 0 aliphatic heterocycles. The first-order valence-electron chi connectivity index (χ1n) is 1.64. The van der Waals surface area contributed by atoms with Crippen LogP contribution < -0.4 is 18.9 Å². The van der Waals surface area contributed by atoms with Crippen LogP contribution in [0.3, 0.4) is 0 Å². The van der Waals surface area contributed by atoms with Crippen LogP contribution in [0.1, 0.15) is 0 Å². The Kier molecular flexibility index (Phi) is 47.3. The van der Waals surface area contributed by atoms with Gasteiger partial charge in [0.2, 0.25) is 0 Å². The van der Waals surface area contributed by atoms with Crippen LogP contribution >= 0.6 is 0 Å². The van der Waals surface area contributed by atoms with E-state index >= 15 is 0 Å². The van der Waals surface area contributed by atoms with E-state index in [-0.39, 0.29) is 35.9 Å². The van der Waals surface area contributed by atoms with Crippen molar-refractivity contribution in [3.8, 4) is 0 Å². The largest absolute Gasteiger partial charge is 2.00 e. The predicted octanol–water partition coefficient (Wildman–Crippen LogP) is -3.72. The quantitative estimate of drug-likeness (QED) is 0.235. The first kappa shape index (κ1) is 29.3. The van der Waals surface area contributed by atoms with Crippen molar-refractivity contribution in [3.05, 3.63) is 46.0 Å². The van der Waals surface area contributed by atoms with Gasteiger partial charge >= 0.3 is 35.9 Å². The monoisotopic (exact) mass is 249 g/mol. The van der Waals surface area contributed by atoms with Crippen LogP contribution in [0, 0.1) is 46.0 Å². The van der Waals surface area contributed by atoms with Crippen molar-refractivity contribution in [2.24, 2.45) is 0 Å². The van der Waals surface area contributed by atoms with Gasteiger partial charge in [0.15, 0.2) is 0 Å². The molecule has 0 aromatic carbocycles. The normalized spacial score (nSPS) is 5.14.